The molecule has 0 radical (unpaired) electrons. The highest BCUT2D eigenvalue weighted by Crippen LogP contribution is 2.27. The Morgan fingerprint density at radius 3 is 2.52 bits per heavy atom. The van der Waals surface area contributed by atoms with Gasteiger partial charge in [-0.15, -0.1) is 0 Å². The van der Waals surface area contributed by atoms with Crippen molar-refractivity contribution in [1.29, 1.82) is 0 Å². The molecule has 2 rings (SSSR count). The number of carbonyl (C=O) groups excluding carboxylic acids is 2. The van der Waals surface area contributed by atoms with Gasteiger partial charge in [0.05, 0.1) is 12.2 Å². The first kappa shape index (κ1) is 18.0. The third kappa shape index (κ3) is 6.01. The fraction of sp³-hybridized carbons (Fsp3) is 0.882. The van der Waals surface area contributed by atoms with Crippen LogP contribution in [0.25, 0.3) is 0 Å². The van der Waals surface area contributed by atoms with Crippen molar-refractivity contribution < 1.29 is 14.3 Å². The average Bonchev–Trinajstić information content (AvgIpc) is 3.03. The van der Waals surface area contributed by atoms with Crippen LogP contribution in [-0.2, 0) is 9.53 Å². The van der Waals surface area contributed by atoms with E-state index >= 15 is 0 Å². The molecule has 1 saturated carbocycles. The summed E-state index contributed by atoms with van der Waals surface area (Å²) in [5.74, 6) is 0.669. The molecule has 6 heteroatoms. The number of ether oxygens (including phenoxy) is 1. The van der Waals surface area contributed by atoms with E-state index in [0.717, 1.165) is 6.42 Å². The summed E-state index contributed by atoms with van der Waals surface area (Å²) in [5.41, 5.74) is 0. The summed E-state index contributed by atoms with van der Waals surface area (Å²) in [6.07, 6.45) is 6.60. The Kier molecular flexibility index (Phi) is 7.15. The number of urea groups is 1. The molecule has 0 aromatic rings. The zero-order chi connectivity index (χ0) is 16.7. The van der Waals surface area contributed by atoms with Crippen LogP contribution in [0.4, 0.5) is 4.79 Å². The fourth-order valence-electron chi connectivity index (χ4n) is 3.47. The molecule has 3 amide bonds. The van der Waals surface area contributed by atoms with E-state index in [-0.39, 0.29) is 24.1 Å². The number of amides is 3. The van der Waals surface area contributed by atoms with Crippen LogP contribution in [0.1, 0.15) is 52.4 Å². The van der Waals surface area contributed by atoms with E-state index in [4.69, 9.17) is 4.74 Å². The molecule has 0 aromatic carbocycles. The van der Waals surface area contributed by atoms with Gasteiger partial charge in [-0.25, -0.2) is 4.79 Å². The maximum Gasteiger partial charge on any atom is 0.317 e. The molecule has 1 aliphatic carbocycles. The Balaban J connectivity index is 1.59. The van der Waals surface area contributed by atoms with Gasteiger partial charge in [0.15, 0.2) is 0 Å². The van der Waals surface area contributed by atoms with Gasteiger partial charge in [-0.05, 0) is 32.1 Å². The van der Waals surface area contributed by atoms with Gasteiger partial charge in [-0.3, -0.25) is 4.79 Å². The van der Waals surface area contributed by atoms with Crippen molar-refractivity contribution in [1.82, 2.24) is 15.5 Å². The molecule has 23 heavy (non-hydrogen) atoms. The summed E-state index contributed by atoms with van der Waals surface area (Å²) in [5, 5.41) is 5.78. The van der Waals surface area contributed by atoms with Gasteiger partial charge in [0, 0.05) is 32.6 Å². The number of nitrogens with one attached hydrogen (secondary N) is 2. The smallest absolute Gasteiger partial charge is 0.317 e. The van der Waals surface area contributed by atoms with Crippen LogP contribution in [-0.4, -0.2) is 55.2 Å². The minimum absolute atomic E-state index is 0.0661. The van der Waals surface area contributed by atoms with E-state index in [9.17, 15) is 9.59 Å². The fourth-order valence-corrected chi connectivity index (χ4v) is 3.47. The van der Waals surface area contributed by atoms with Gasteiger partial charge in [0.1, 0.15) is 0 Å². The molecule has 1 heterocycles. The van der Waals surface area contributed by atoms with Crippen molar-refractivity contribution in [2.75, 3.05) is 26.2 Å². The summed E-state index contributed by atoms with van der Waals surface area (Å²) in [6.45, 7) is 6.28. The van der Waals surface area contributed by atoms with Crippen molar-refractivity contribution >= 4 is 11.9 Å². The Bertz CT molecular complexity index is 397. The van der Waals surface area contributed by atoms with Crippen LogP contribution in [0, 0.1) is 5.92 Å². The second kappa shape index (κ2) is 9.11. The SMILES string of the molecule is CC[C@H]1CN(C(=O)NCCNC(=O)CC2CCCC2)C[C@@H](C)O1. The van der Waals surface area contributed by atoms with Gasteiger partial charge in [-0.2, -0.15) is 0 Å². The molecule has 6 nitrogen and oxygen atoms in total. The van der Waals surface area contributed by atoms with Crippen LogP contribution in [0.15, 0.2) is 0 Å². The molecule has 0 aromatic heterocycles. The topological polar surface area (TPSA) is 70.7 Å². The van der Waals surface area contributed by atoms with Crippen LogP contribution in [0.5, 0.6) is 0 Å². The van der Waals surface area contributed by atoms with Gasteiger partial charge >= 0.3 is 6.03 Å². The predicted octanol–water partition coefficient (Wildman–Crippen LogP) is 1.89. The first-order chi connectivity index (χ1) is 11.1. The molecule has 0 unspecified atom stereocenters. The number of hydrogen-bond donors (Lipinski definition) is 2. The third-order valence-electron chi connectivity index (χ3n) is 4.74. The van der Waals surface area contributed by atoms with Gasteiger partial charge in [-0.1, -0.05) is 19.8 Å². The quantitative estimate of drug-likeness (QED) is 0.733. The summed E-state index contributed by atoms with van der Waals surface area (Å²) in [4.78, 5) is 25.8. The number of nitrogens with zero attached hydrogens (tertiary/aromatic N) is 1. The van der Waals surface area contributed by atoms with E-state index in [1.54, 1.807) is 0 Å². The van der Waals surface area contributed by atoms with Gasteiger partial charge in [0.25, 0.3) is 0 Å². The van der Waals surface area contributed by atoms with Crippen molar-refractivity contribution in [3.63, 3.8) is 0 Å². The molecule has 2 aliphatic rings. The molecule has 2 atom stereocenters. The molecule has 0 bridgehead atoms. The minimum Gasteiger partial charge on any atom is -0.372 e. The zero-order valence-corrected chi connectivity index (χ0v) is 14.5. The maximum atomic E-state index is 12.2. The van der Waals surface area contributed by atoms with Gasteiger partial charge in [0.2, 0.25) is 5.91 Å². The van der Waals surface area contributed by atoms with Crippen molar-refractivity contribution in [3.8, 4) is 0 Å². The molecule has 2 fully saturated rings. The van der Waals surface area contributed by atoms with Crippen LogP contribution < -0.4 is 10.6 Å². The van der Waals surface area contributed by atoms with E-state index in [1.807, 2.05) is 11.8 Å². The Morgan fingerprint density at radius 2 is 1.83 bits per heavy atom. The second-order valence-corrected chi connectivity index (χ2v) is 6.82. The lowest BCUT2D eigenvalue weighted by molar-refractivity contribution is -0.121. The largest absolute Gasteiger partial charge is 0.372 e. The highest BCUT2D eigenvalue weighted by molar-refractivity contribution is 5.76. The second-order valence-electron chi connectivity index (χ2n) is 6.82. The molecular weight excluding hydrogens is 294 g/mol. The summed E-state index contributed by atoms with van der Waals surface area (Å²) in [7, 11) is 0. The lowest BCUT2D eigenvalue weighted by atomic mass is 10.0. The minimum atomic E-state index is -0.0661. The van der Waals surface area contributed by atoms with E-state index in [1.165, 1.54) is 25.7 Å². The van der Waals surface area contributed by atoms with Crippen LogP contribution in [0.3, 0.4) is 0 Å². The van der Waals surface area contributed by atoms with E-state index in [2.05, 4.69) is 17.6 Å². The molecular formula is C17H31N3O3. The summed E-state index contributed by atoms with van der Waals surface area (Å²) in [6, 6.07) is -0.0661. The van der Waals surface area contributed by atoms with E-state index < -0.39 is 0 Å². The monoisotopic (exact) mass is 325 g/mol. The van der Waals surface area contributed by atoms with Gasteiger partial charge < -0.3 is 20.3 Å². The summed E-state index contributed by atoms with van der Waals surface area (Å²) >= 11 is 0. The highest BCUT2D eigenvalue weighted by Gasteiger charge is 2.27. The first-order valence-electron chi connectivity index (χ1n) is 9.03. The maximum absolute atomic E-state index is 12.2. The van der Waals surface area contributed by atoms with Crippen molar-refractivity contribution in [3.05, 3.63) is 0 Å². The lowest BCUT2D eigenvalue weighted by Gasteiger charge is -2.36. The normalized spacial score (nSPS) is 25.4. The average molecular weight is 325 g/mol. The molecule has 1 saturated heterocycles. The Morgan fingerprint density at radius 1 is 1.13 bits per heavy atom. The lowest BCUT2D eigenvalue weighted by Crippen LogP contribution is -2.53. The number of rotatable bonds is 6. The van der Waals surface area contributed by atoms with Crippen molar-refractivity contribution in [2.45, 2.75) is 64.6 Å². The number of hydrogen-bond acceptors (Lipinski definition) is 3. The molecule has 132 valence electrons. The molecule has 1 aliphatic heterocycles. The van der Waals surface area contributed by atoms with Crippen molar-refractivity contribution in [2.24, 2.45) is 5.92 Å². The predicted molar refractivity (Wildman–Crippen MR) is 89.2 cm³/mol. The number of carbonyl (C=O) groups is 2. The summed E-state index contributed by atoms with van der Waals surface area (Å²) < 4.78 is 5.76. The first-order valence-corrected chi connectivity index (χ1v) is 9.03. The third-order valence-corrected chi connectivity index (χ3v) is 4.74. The van der Waals surface area contributed by atoms with E-state index in [0.29, 0.717) is 38.5 Å². The molecule has 0 spiro atoms. The molecule has 2 N–H and O–H groups in total. The Hall–Kier alpha value is -1.30. The standard InChI is InChI=1S/C17H31N3O3/c1-3-15-12-20(11-13(2)23-15)17(22)19-9-8-18-16(21)10-14-6-4-5-7-14/h13-15H,3-12H2,1-2H3,(H,18,21)(H,19,22)/t13-,15+/m1/s1. The van der Waals surface area contributed by atoms with Crippen LogP contribution in [0.2, 0.25) is 0 Å². The zero-order valence-electron chi connectivity index (χ0n) is 14.5. The highest BCUT2D eigenvalue weighted by atomic mass is 16.5. The van der Waals surface area contributed by atoms with Crippen LogP contribution >= 0.6 is 0 Å². The Labute approximate surface area is 139 Å². The number of morpholine rings is 1.